The first-order valence-corrected chi connectivity index (χ1v) is 6.99. The molecule has 0 aromatic rings. The highest BCUT2D eigenvalue weighted by atomic mass is 32.2. The molecule has 0 bridgehead atoms. The van der Waals surface area contributed by atoms with Crippen molar-refractivity contribution >= 4 is 15.8 Å². The maximum Gasteiger partial charge on any atom is 0.317 e. The van der Waals surface area contributed by atoms with Crippen LogP contribution in [0.2, 0.25) is 0 Å². The van der Waals surface area contributed by atoms with Crippen molar-refractivity contribution < 1.29 is 18.3 Å². The van der Waals surface area contributed by atoms with Crippen LogP contribution in [-0.2, 0) is 14.6 Å². The molecule has 0 heterocycles. The monoisotopic (exact) mass is 249 g/mol. The molecule has 1 N–H and O–H groups in total. The van der Waals surface area contributed by atoms with Crippen molar-refractivity contribution in [2.24, 2.45) is 0 Å². The summed E-state index contributed by atoms with van der Waals surface area (Å²) < 4.78 is 22.4. The van der Waals surface area contributed by atoms with Gasteiger partial charge in [0.15, 0.2) is 0 Å². The first-order valence-electron chi connectivity index (χ1n) is 5.16. The fourth-order valence-electron chi connectivity index (χ4n) is 1.26. The maximum absolute atomic E-state index is 11.2. The van der Waals surface area contributed by atoms with Gasteiger partial charge in [-0.1, -0.05) is 13.0 Å². The van der Waals surface area contributed by atoms with Gasteiger partial charge in [-0.05, 0) is 6.42 Å². The Balaban J connectivity index is 4.02. The van der Waals surface area contributed by atoms with Gasteiger partial charge in [-0.3, -0.25) is 9.69 Å². The largest absolute Gasteiger partial charge is 0.480 e. The zero-order chi connectivity index (χ0) is 12.6. The first-order chi connectivity index (χ1) is 7.41. The molecule has 0 saturated heterocycles. The summed E-state index contributed by atoms with van der Waals surface area (Å²) in [5.41, 5.74) is 0. The third-order valence-electron chi connectivity index (χ3n) is 2.12. The number of nitrogens with zero attached hydrogens (tertiary/aromatic N) is 1. The van der Waals surface area contributed by atoms with Crippen LogP contribution in [0.1, 0.15) is 13.3 Å². The molecule has 0 aromatic heterocycles. The van der Waals surface area contributed by atoms with Crippen molar-refractivity contribution in [3.05, 3.63) is 12.7 Å². The Kier molecular flexibility index (Phi) is 7.00. The van der Waals surface area contributed by atoms with E-state index in [0.29, 0.717) is 19.5 Å². The normalized spacial score (nSPS) is 11.6. The highest BCUT2D eigenvalue weighted by Crippen LogP contribution is 1.97. The average Bonchev–Trinajstić information content (AvgIpc) is 2.17. The molecule has 0 fully saturated rings. The zero-order valence-corrected chi connectivity index (χ0v) is 10.4. The molecule has 0 amide bonds. The standard InChI is InChI=1S/C10H19NO4S/c1-3-6-11(9-10(12)13)7-5-8-16(14,15)4-2/h3H,1,4-9H2,2H3,(H,12,13). The Morgan fingerprint density at radius 3 is 2.56 bits per heavy atom. The van der Waals surface area contributed by atoms with E-state index < -0.39 is 15.8 Å². The van der Waals surface area contributed by atoms with Crippen LogP contribution in [0, 0.1) is 0 Å². The molecule has 0 spiro atoms. The fraction of sp³-hybridized carbons (Fsp3) is 0.700. The molecule has 5 nitrogen and oxygen atoms in total. The maximum atomic E-state index is 11.2. The molecular weight excluding hydrogens is 230 g/mol. The van der Waals surface area contributed by atoms with Crippen molar-refractivity contribution in [3.63, 3.8) is 0 Å². The molecule has 94 valence electrons. The summed E-state index contributed by atoms with van der Waals surface area (Å²) in [6, 6.07) is 0. The second kappa shape index (κ2) is 7.40. The van der Waals surface area contributed by atoms with Gasteiger partial charge in [0.25, 0.3) is 0 Å². The fourth-order valence-corrected chi connectivity index (χ4v) is 2.12. The zero-order valence-electron chi connectivity index (χ0n) is 9.55. The molecule has 0 aliphatic rings. The van der Waals surface area contributed by atoms with Gasteiger partial charge in [-0.25, -0.2) is 8.42 Å². The quantitative estimate of drug-likeness (QED) is 0.598. The van der Waals surface area contributed by atoms with Gasteiger partial charge in [0.05, 0.1) is 12.3 Å². The van der Waals surface area contributed by atoms with Crippen LogP contribution in [0.4, 0.5) is 0 Å². The van der Waals surface area contributed by atoms with Crippen LogP contribution < -0.4 is 0 Å². The smallest absolute Gasteiger partial charge is 0.317 e. The summed E-state index contributed by atoms with van der Waals surface area (Å²) in [5, 5.41) is 8.62. The van der Waals surface area contributed by atoms with Crippen LogP contribution in [0.25, 0.3) is 0 Å². The summed E-state index contributed by atoms with van der Waals surface area (Å²) in [6.45, 7) is 5.96. The van der Waals surface area contributed by atoms with E-state index in [1.807, 2.05) is 0 Å². The number of carbonyl (C=O) groups is 1. The highest BCUT2D eigenvalue weighted by molar-refractivity contribution is 7.91. The molecule has 0 rings (SSSR count). The Morgan fingerprint density at radius 2 is 2.12 bits per heavy atom. The van der Waals surface area contributed by atoms with Crippen molar-refractivity contribution in [2.75, 3.05) is 31.1 Å². The Hall–Kier alpha value is -0.880. The average molecular weight is 249 g/mol. The van der Waals surface area contributed by atoms with E-state index >= 15 is 0 Å². The number of aliphatic carboxylic acids is 1. The van der Waals surface area contributed by atoms with E-state index in [9.17, 15) is 13.2 Å². The van der Waals surface area contributed by atoms with E-state index in [-0.39, 0.29) is 18.1 Å². The Bertz CT molecular complexity index is 324. The van der Waals surface area contributed by atoms with Gasteiger partial charge in [-0.2, -0.15) is 0 Å². The summed E-state index contributed by atoms with van der Waals surface area (Å²) >= 11 is 0. The van der Waals surface area contributed by atoms with Crippen molar-refractivity contribution in [3.8, 4) is 0 Å². The molecular formula is C10H19NO4S. The summed E-state index contributed by atoms with van der Waals surface area (Å²) in [6.07, 6.45) is 2.06. The summed E-state index contributed by atoms with van der Waals surface area (Å²) in [5.74, 6) is -0.676. The van der Waals surface area contributed by atoms with Crippen LogP contribution in [0.15, 0.2) is 12.7 Å². The lowest BCUT2D eigenvalue weighted by atomic mass is 10.4. The predicted octanol–water partition coefficient (Wildman–Crippen LogP) is 0.384. The molecule has 0 radical (unpaired) electrons. The summed E-state index contributed by atoms with van der Waals surface area (Å²) in [4.78, 5) is 12.2. The second-order valence-corrected chi connectivity index (χ2v) is 5.98. The second-order valence-electron chi connectivity index (χ2n) is 3.51. The minimum atomic E-state index is -2.96. The lowest BCUT2D eigenvalue weighted by Gasteiger charge is -2.17. The number of carboxylic acid groups (broad SMARTS) is 1. The molecule has 0 aliphatic carbocycles. The number of rotatable bonds is 9. The minimum Gasteiger partial charge on any atom is -0.480 e. The molecule has 6 heteroatoms. The van der Waals surface area contributed by atoms with Gasteiger partial charge in [-0.15, -0.1) is 6.58 Å². The Labute approximate surface area is 96.7 Å². The molecule has 0 aromatic carbocycles. The summed E-state index contributed by atoms with van der Waals surface area (Å²) in [7, 11) is -2.96. The lowest BCUT2D eigenvalue weighted by molar-refractivity contribution is -0.138. The molecule has 0 saturated carbocycles. The third-order valence-corrected chi connectivity index (χ3v) is 3.91. The van der Waals surface area contributed by atoms with Gasteiger partial charge in [0.2, 0.25) is 0 Å². The lowest BCUT2D eigenvalue weighted by Crippen LogP contribution is -2.31. The van der Waals surface area contributed by atoms with Gasteiger partial charge in [0.1, 0.15) is 9.84 Å². The predicted molar refractivity (Wildman–Crippen MR) is 63.2 cm³/mol. The topological polar surface area (TPSA) is 74.7 Å². The van der Waals surface area contributed by atoms with Crippen LogP contribution in [-0.4, -0.2) is 55.5 Å². The number of hydrogen-bond donors (Lipinski definition) is 1. The van der Waals surface area contributed by atoms with Crippen molar-refractivity contribution in [1.29, 1.82) is 0 Å². The van der Waals surface area contributed by atoms with E-state index in [1.165, 1.54) is 0 Å². The molecule has 0 aliphatic heterocycles. The molecule has 0 unspecified atom stereocenters. The van der Waals surface area contributed by atoms with Gasteiger partial charge >= 0.3 is 5.97 Å². The van der Waals surface area contributed by atoms with E-state index in [4.69, 9.17) is 5.11 Å². The van der Waals surface area contributed by atoms with Gasteiger partial charge < -0.3 is 5.11 Å². The van der Waals surface area contributed by atoms with E-state index in [0.717, 1.165) is 0 Å². The van der Waals surface area contributed by atoms with Gasteiger partial charge in [0, 0.05) is 18.8 Å². The first kappa shape index (κ1) is 15.1. The van der Waals surface area contributed by atoms with Crippen LogP contribution in [0.3, 0.4) is 0 Å². The van der Waals surface area contributed by atoms with Crippen molar-refractivity contribution in [2.45, 2.75) is 13.3 Å². The molecule has 0 atom stereocenters. The SMILES string of the molecule is C=CCN(CCCS(=O)(=O)CC)CC(=O)O. The van der Waals surface area contributed by atoms with E-state index in [2.05, 4.69) is 6.58 Å². The number of hydrogen-bond acceptors (Lipinski definition) is 4. The molecule has 16 heavy (non-hydrogen) atoms. The van der Waals surface area contributed by atoms with E-state index in [1.54, 1.807) is 17.9 Å². The number of carboxylic acids is 1. The van der Waals surface area contributed by atoms with Crippen LogP contribution >= 0.6 is 0 Å². The van der Waals surface area contributed by atoms with Crippen LogP contribution in [0.5, 0.6) is 0 Å². The number of sulfone groups is 1. The minimum absolute atomic E-state index is 0.0851. The Morgan fingerprint density at radius 1 is 1.50 bits per heavy atom. The third kappa shape index (κ3) is 7.42. The highest BCUT2D eigenvalue weighted by Gasteiger charge is 2.11. The van der Waals surface area contributed by atoms with Crippen molar-refractivity contribution in [1.82, 2.24) is 4.90 Å².